The number of primary amides is 1. The number of carbonyl (C=O) groups excluding carboxylic acids is 1. The Kier molecular flexibility index (Phi) is 4.67. The molecule has 0 saturated carbocycles. The Morgan fingerprint density at radius 1 is 1.56 bits per heavy atom. The third-order valence-electron chi connectivity index (χ3n) is 1.93. The Balaban J connectivity index is 2.66. The Labute approximate surface area is 102 Å². The topological polar surface area (TPSA) is 132 Å². The fourth-order valence-corrected chi connectivity index (χ4v) is 1.17. The molecule has 0 aromatic carbocycles. The lowest BCUT2D eigenvalue weighted by molar-refractivity contribution is -0.384. The van der Waals surface area contributed by atoms with Gasteiger partial charge in [0.15, 0.2) is 0 Å². The second-order valence-corrected chi connectivity index (χ2v) is 3.20. The van der Waals surface area contributed by atoms with E-state index in [1.807, 2.05) is 0 Å². The largest absolute Gasteiger partial charge is 0.448 e. The molecule has 1 aromatic rings. The number of hydrogen-bond donors (Lipinski definition) is 3. The van der Waals surface area contributed by atoms with E-state index < -0.39 is 11.0 Å². The van der Waals surface area contributed by atoms with Crippen molar-refractivity contribution in [3.8, 4) is 0 Å². The molecule has 0 aliphatic rings. The number of nitro groups is 1. The number of amides is 1. The zero-order valence-electron chi connectivity index (χ0n) is 9.67. The molecule has 1 rings (SSSR count). The van der Waals surface area contributed by atoms with Crippen LogP contribution in [0.4, 0.5) is 22.1 Å². The number of anilines is 2. The number of nitrogens with two attached hydrogens (primary N) is 1. The van der Waals surface area contributed by atoms with Gasteiger partial charge in [0.2, 0.25) is 0 Å². The summed E-state index contributed by atoms with van der Waals surface area (Å²) in [6, 6.07) is 2.59. The molecular weight excluding hydrogens is 242 g/mol. The number of hydrogen-bond acceptors (Lipinski definition) is 7. The normalized spacial score (nSPS) is 9.61. The number of nitrogens with zero attached hydrogens (tertiary/aromatic N) is 2. The average molecular weight is 255 g/mol. The summed E-state index contributed by atoms with van der Waals surface area (Å²) in [5, 5.41) is 16.2. The van der Waals surface area contributed by atoms with E-state index in [0.29, 0.717) is 11.6 Å². The first-order valence-corrected chi connectivity index (χ1v) is 5.03. The number of aromatic nitrogens is 1. The van der Waals surface area contributed by atoms with Crippen LogP contribution < -0.4 is 16.4 Å². The highest BCUT2D eigenvalue weighted by Gasteiger charge is 2.10. The van der Waals surface area contributed by atoms with E-state index in [1.165, 1.54) is 12.1 Å². The molecule has 0 atom stereocenters. The van der Waals surface area contributed by atoms with Crippen molar-refractivity contribution in [1.82, 2.24) is 4.98 Å². The van der Waals surface area contributed by atoms with Gasteiger partial charge in [0.1, 0.15) is 18.2 Å². The third kappa shape index (κ3) is 4.12. The maximum Gasteiger partial charge on any atom is 0.404 e. The van der Waals surface area contributed by atoms with E-state index in [4.69, 9.17) is 5.73 Å². The van der Waals surface area contributed by atoms with Gasteiger partial charge < -0.3 is 21.1 Å². The SMILES string of the molecule is CNc1cc([N+](=O)[O-])cc(NCCOC(N)=O)n1. The van der Waals surface area contributed by atoms with Gasteiger partial charge in [-0.1, -0.05) is 0 Å². The molecule has 1 heterocycles. The van der Waals surface area contributed by atoms with Crippen LogP contribution in [0.5, 0.6) is 0 Å². The van der Waals surface area contributed by atoms with Gasteiger partial charge in [-0.25, -0.2) is 9.78 Å². The smallest absolute Gasteiger partial charge is 0.404 e. The average Bonchev–Trinajstić information content (AvgIpc) is 2.34. The van der Waals surface area contributed by atoms with Crippen LogP contribution in [0.3, 0.4) is 0 Å². The molecule has 1 amide bonds. The first-order chi connectivity index (χ1) is 8.52. The van der Waals surface area contributed by atoms with Gasteiger partial charge in [-0.15, -0.1) is 0 Å². The molecule has 4 N–H and O–H groups in total. The third-order valence-corrected chi connectivity index (χ3v) is 1.93. The van der Waals surface area contributed by atoms with Crippen molar-refractivity contribution in [3.63, 3.8) is 0 Å². The molecule has 98 valence electrons. The Morgan fingerprint density at radius 2 is 2.22 bits per heavy atom. The maximum atomic E-state index is 10.7. The lowest BCUT2D eigenvalue weighted by Gasteiger charge is -2.07. The number of ether oxygens (including phenoxy) is 1. The number of carbonyl (C=O) groups is 1. The zero-order valence-corrected chi connectivity index (χ0v) is 9.67. The van der Waals surface area contributed by atoms with Crippen LogP contribution in [-0.2, 0) is 4.74 Å². The molecule has 0 bridgehead atoms. The van der Waals surface area contributed by atoms with E-state index in [9.17, 15) is 14.9 Å². The predicted molar refractivity (Wildman–Crippen MR) is 64.5 cm³/mol. The molecule has 0 spiro atoms. The summed E-state index contributed by atoms with van der Waals surface area (Å²) in [5.41, 5.74) is 4.69. The summed E-state index contributed by atoms with van der Waals surface area (Å²) in [7, 11) is 1.60. The van der Waals surface area contributed by atoms with Crippen LogP contribution in [-0.4, -0.2) is 36.2 Å². The zero-order chi connectivity index (χ0) is 13.5. The second kappa shape index (κ2) is 6.23. The molecule has 0 radical (unpaired) electrons. The Bertz CT molecular complexity index is 451. The Morgan fingerprint density at radius 3 is 2.78 bits per heavy atom. The van der Waals surface area contributed by atoms with Gasteiger partial charge in [-0.3, -0.25) is 10.1 Å². The van der Waals surface area contributed by atoms with Gasteiger partial charge in [0.25, 0.3) is 5.69 Å². The molecule has 18 heavy (non-hydrogen) atoms. The molecular formula is C9H13N5O4. The minimum Gasteiger partial charge on any atom is -0.448 e. The standard InChI is InChI=1S/C9H13N5O4/c1-11-7-4-6(14(16)17)5-8(13-7)12-2-3-18-9(10)15/h4-5H,2-3H2,1H3,(H2,10,15)(H2,11,12,13). The predicted octanol–water partition coefficient (Wildman–Crippen LogP) is 0.539. The van der Waals surface area contributed by atoms with Crippen molar-refractivity contribution in [2.75, 3.05) is 30.8 Å². The lowest BCUT2D eigenvalue weighted by Crippen LogP contribution is -2.18. The summed E-state index contributed by atoms with van der Waals surface area (Å²) >= 11 is 0. The first-order valence-electron chi connectivity index (χ1n) is 5.03. The van der Waals surface area contributed by atoms with Crippen LogP contribution in [0.1, 0.15) is 0 Å². The van der Waals surface area contributed by atoms with Crippen LogP contribution in [0.2, 0.25) is 0 Å². The summed E-state index contributed by atoms with van der Waals surface area (Å²) < 4.78 is 4.50. The van der Waals surface area contributed by atoms with Crippen molar-refractivity contribution in [1.29, 1.82) is 0 Å². The fraction of sp³-hybridized carbons (Fsp3) is 0.333. The Hall–Kier alpha value is -2.58. The minimum absolute atomic E-state index is 0.0502. The van der Waals surface area contributed by atoms with Crippen molar-refractivity contribution >= 4 is 23.4 Å². The van der Waals surface area contributed by atoms with Gasteiger partial charge in [-0.05, 0) is 0 Å². The molecule has 9 heteroatoms. The molecule has 9 nitrogen and oxygen atoms in total. The highest BCUT2D eigenvalue weighted by molar-refractivity contribution is 5.64. The second-order valence-electron chi connectivity index (χ2n) is 3.20. The van der Waals surface area contributed by atoms with E-state index >= 15 is 0 Å². The fourth-order valence-electron chi connectivity index (χ4n) is 1.17. The van der Waals surface area contributed by atoms with Crippen molar-refractivity contribution in [2.24, 2.45) is 5.73 Å². The molecule has 0 saturated heterocycles. The first kappa shape index (κ1) is 13.5. The maximum absolute atomic E-state index is 10.7. The number of nitrogens with one attached hydrogen (secondary N) is 2. The van der Waals surface area contributed by atoms with E-state index in [1.54, 1.807) is 7.05 Å². The van der Waals surface area contributed by atoms with E-state index in [0.717, 1.165) is 0 Å². The van der Waals surface area contributed by atoms with Gasteiger partial charge in [0, 0.05) is 7.05 Å². The van der Waals surface area contributed by atoms with Crippen molar-refractivity contribution in [2.45, 2.75) is 0 Å². The summed E-state index contributed by atoms with van der Waals surface area (Å²) in [6.45, 7) is 0.300. The molecule has 0 unspecified atom stereocenters. The number of pyridine rings is 1. The monoisotopic (exact) mass is 255 g/mol. The highest BCUT2D eigenvalue weighted by Crippen LogP contribution is 2.19. The van der Waals surface area contributed by atoms with Crippen LogP contribution in [0, 0.1) is 10.1 Å². The van der Waals surface area contributed by atoms with Crippen molar-refractivity contribution < 1.29 is 14.5 Å². The van der Waals surface area contributed by atoms with E-state index in [-0.39, 0.29) is 18.8 Å². The summed E-state index contributed by atoms with van der Waals surface area (Å²) in [4.78, 5) is 24.5. The van der Waals surface area contributed by atoms with Gasteiger partial charge in [0.05, 0.1) is 23.6 Å². The molecule has 0 fully saturated rings. The van der Waals surface area contributed by atoms with Crippen molar-refractivity contribution in [3.05, 3.63) is 22.2 Å². The molecule has 1 aromatic heterocycles. The van der Waals surface area contributed by atoms with Gasteiger partial charge >= 0.3 is 6.09 Å². The summed E-state index contributed by atoms with van der Waals surface area (Å²) in [5.74, 6) is 0.671. The van der Waals surface area contributed by atoms with Gasteiger partial charge in [-0.2, -0.15) is 0 Å². The van der Waals surface area contributed by atoms with Crippen LogP contribution >= 0.6 is 0 Å². The number of rotatable bonds is 6. The molecule has 0 aliphatic carbocycles. The lowest BCUT2D eigenvalue weighted by atomic mass is 10.3. The minimum atomic E-state index is -0.875. The van der Waals surface area contributed by atoms with Crippen LogP contribution in [0.25, 0.3) is 0 Å². The summed E-state index contributed by atoms with van der Waals surface area (Å²) in [6.07, 6.45) is -0.875. The quantitative estimate of drug-likeness (QED) is 0.383. The molecule has 0 aliphatic heterocycles. The highest BCUT2D eigenvalue weighted by atomic mass is 16.6. The van der Waals surface area contributed by atoms with E-state index in [2.05, 4.69) is 20.4 Å². The van der Waals surface area contributed by atoms with Crippen LogP contribution in [0.15, 0.2) is 12.1 Å².